The molecule has 0 aliphatic rings. The van der Waals surface area contributed by atoms with Crippen LogP contribution in [-0.2, 0) is 0 Å². The van der Waals surface area contributed by atoms with Gasteiger partial charge in [-0.05, 0) is 45.1 Å². The van der Waals surface area contributed by atoms with Crippen molar-refractivity contribution in [1.29, 1.82) is 0 Å². The monoisotopic (exact) mass is 210 g/mol. The summed E-state index contributed by atoms with van der Waals surface area (Å²) in [5.41, 5.74) is 11.2. The highest BCUT2D eigenvalue weighted by molar-refractivity contribution is 4.89. The molecule has 0 aromatic rings. The van der Waals surface area contributed by atoms with E-state index in [-0.39, 0.29) is 0 Å². The molecule has 0 rings (SSSR count). The van der Waals surface area contributed by atoms with Gasteiger partial charge in [0.1, 0.15) is 0 Å². The summed E-state index contributed by atoms with van der Waals surface area (Å²) in [6.45, 7) is 2.91. The number of rotatable bonds is 9. The van der Waals surface area contributed by atoms with E-state index in [1.54, 1.807) is 0 Å². The van der Waals surface area contributed by atoms with Crippen LogP contribution in [0.3, 0.4) is 0 Å². The van der Waals surface area contributed by atoms with Crippen molar-refractivity contribution in [3.8, 4) is 0 Å². The first-order chi connectivity index (χ1) is 7.31. The third kappa shape index (κ3) is 11.3. The van der Waals surface area contributed by atoms with E-state index in [4.69, 9.17) is 11.5 Å². The molecule has 0 aromatic heterocycles. The fourth-order valence-electron chi connectivity index (χ4n) is 1.22. The molecule has 0 heterocycles. The predicted octanol–water partition coefficient (Wildman–Crippen LogP) is 2.75. The van der Waals surface area contributed by atoms with Gasteiger partial charge >= 0.3 is 0 Å². The minimum absolute atomic E-state index is 0.335. The zero-order valence-corrected chi connectivity index (χ0v) is 9.99. The van der Waals surface area contributed by atoms with Gasteiger partial charge in [-0.2, -0.15) is 0 Å². The Kier molecular flexibility index (Phi) is 11.0. The van der Waals surface area contributed by atoms with Crippen molar-refractivity contribution < 1.29 is 0 Å². The van der Waals surface area contributed by atoms with Crippen molar-refractivity contribution in [1.82, 2.24) is 0 Å². The first kappa shape index (κ1) is 14.4. The van der Waals surface area contributed by atoms with E-state index in [0.29, 0.717) is 6.04 Å². The Balaban J connectivity index is 3.26. The molecule has 88 valence electrons. The van der Waals surface area contributed by atoms with Gasteiger partial charge in [0, 0.05) is 6.04 Å². The molecular weight excluding hydrogens is 184 g/mol. The van der Waals surface area contributed by atoms with Gasteiger partial charge in [0.2, 0.25) is 0 Å². The molecule has 2 heteroatoms. The van der Waals surface area contributed by atoms with E-state index in [0.717, 1.165) is 45.1 Å². The average Bonchev–Trinajstić information content (AvgIpc) is 2.26. The van der Waals surface area contributed by atoms with Crippen molar-refractivity contribution in [2.75, 3.05) is 6.54 Å². The lowest BCUT2D eigenvalue weighted by Crippen LogP contribution is -2.16. The zero-order chi connectivity index (χ0) is 11.4. The second kappa shape index (κ2) is 11.5. The van der Waals surface area contributed by atoms with Gasteiger partial charge in [-0.25, -0.2) is 0 Å². The lowest BCUT2D eigenvalue weighted by atomic mass is 10.1. The molecule has 0 saturated heterocycles. The molecule has 4 N–H and O–H groups in total. The van der Waals surface area contributed by atoms with Gasteiger partial charge in [-0.1, -0.05) is 31.2 Å². The van der Waals surface area contributed by atoms with Crippen LogP contribution in [-0.4, -0.2) is 12.6 Å². The maximum atomic E-state index is 5.79. The van der Waals surface area contributed by atoms with E-state index >= 15 is 0 Å². The molecule has 15 heavy (non-hydrogen) atoms. The van der Waals surface area contributed by atoms with Gasteiger partial charge in [-0.3, -0.25) is 0 Å². The van der Waals surface area contributed by atoms with Crippen molar-refractivity contribution in [2.45, 2.75) is 51.5 Å². The molecule has 2 nitrogen and oxygen atoms in total. The van der Waals surface area contributed by atoms with Crippen molar-refractivity contribution in [2.24, 2.45) is 11.5 Å². The van der Waals surface area contributed by atoms with Crippen molar-refractivity contribution >= 4 is 0 Å². The molecule has 0 fully saturated rings. The first-order valence-corrected chi connectivity index (χ1v) is 6.06. The Morgan fingerprint density at radius 1 is 1.00 bits per heavy atom. The van der Waals surface area contributed by atoms with Crippen LogP contribution in [0.25, 0.3) is 0 Å². The normalized spacial score (nSPS) is 14.1. The molecule has 0 bridgehead atoms. The van der Waals surface area contributed by atoms with Gasteiger partial charge in [-0.15, -0.1) is 0 Å². The largest absolute Gasteiger partial charge is 0.330 e. The lowest BCUT2D eigenvalue weighted by Gasteiger charge is -2.02. The van der Waals surface area contributed by atoms with Crippen molar-refractivity contribution in [3.63, 3.8) is 0 Å². The number of nitrogens with two attached hydrogens (primary N) is 2. The average molecular weight is 210 g/mol. The summed E-state index contributed by atoms with van der Waals surface area (Å²) >= 11 is 0. The topological polar surface area (TPSA) is 52.0 Å². The smallest absolute Gasteiger partial charge is 0.00707 e. The highest BCUT2D eigenvalue weighted by Crippen LogP contribution is 1.99. The van der Waals surface area contributed by atoms with Crippen LogP contribution in [0.1, 0.15) is 45.4 Å². The molecule has 0 saturated carbocycles. The maximum absolute atomic E-state index is 5.79. The molecular formula is C13H26N2. The number of hydrogen-bond donors (Lipinski definition) is 2. The Bertz CT molecular complexity index is 173. The standard InChI is InChI=1S/C13H26N2/c1-2-13(15)11-9-7-5-3-4-6-8-10-12-14/h4,6-7,9,13H,2-3,5,8,10-12,14-15H2,1H3. The SMILES string of the molecule is CCC(N)CC=CCCC=CCCCN. The van der Waals surface area contributed by atoms with Crippen LogP contribution in [0.2, 0.25) is 0 Å². The molecule has 0 spiro atoms. The van der Waals surface area contributed by atoms with E-state index in [1.807, 2.05) is 0 Å². The summed E-state index contributed by atoms with van der Waals surface area (Å²) in [5.74, 6) is 0. The summed E-state index contributed by atoms with van der Waals surface area (Å²) < 4.78 is 0. The van der Waals surface area contributed by atoms with E-state index in [2.05, 4.69) is 31.2 Å². The minimum atomic E-state index is 0.335. The zero-order valence-electron chi connectivity index (χ0n) is 9.99. The summed E-state index contributed by atoms with van der Waals surface area (Å²) in [4.78, 5) is 0. The minimum Gasteiger partial charge on any atom is -0.330 e. The highest BCUT2D eigenvalue weighted by Gasteiger charge is 1.92. The summed E-state index contributed by atoms with van der Waals surface area (Å²) in [6.07, 6.45) is 15.4. The predicted molar refractivity (Wildman–Crippen MR) is 68.7 cm³/mol. The van der Waals surface area contributed by atoms with Crippen LogP contribution in [0.4, 0.5) is 0 Å². The fourth-order valence-corrected chi connectivity index (χ4v) is 1.22. The van der Waals surface area contributed by atoms with Gasteiger partial charge in [0.15, 0.2) is 0 Å². The summed E-state index contributed by atoms with van der Waals surface area (Å²) in [5, 5.41) is 0. The van der Waals surface area contributed by atoms with Crippen LogP contribution in [0.5, 0.6) is 0 Å². The molecule has 0 aliphatic heterocycles. The number of hydrogen-bond acceptors (Lipinski definition) is 2. The molecule has 1 atom stereocenters. The third-order valence-electron chi connectivity index (χ3n) is 2.37. The second-order valence-corrected chi connectivity index (χ2v) is 3.86. The molecule has 1 unspecified atom stereocenters. The second-order valence-electron chi connectivity index (χ2n) is 3.86. The Morgan fingerprint density at radius 2 is 1.60 bits per heavy atom. The summed E-state index contributed by atoms with van der Waals surface area (Å²) in [6, 6.07) is 0.335. The Labute approximate surface area is 94.4 Å². The molecule has 0 aromatic carbocycles. The maximum Gasteiger partial charge on any atom is 0.00707 e. The quantitative estimate of drug-likeness (QED) is 0.454. The Morgan fingerprint density at radius 3 is 2.20 bits per heavy atom. The van der Waals surface area contributed by atoms with Crippen LogP contribution < -0.4 is 11.5 Å². The van der Waals surface area contributed by atoms with Crippen molar-refractivity contribution in [3.05, 3.63) is 24.3 Å². The van der Waals surface area contributed by atoms with Gasteiger partial charge in [0.05, 0.1) is 0 Å². The molecule has 0 amide bonds. The Hall–Kier alpha value is -0.600. The summed E-state index contributed by atoms with van der Waals surface area (Å²) in [7, 11) is 0. The fraction of sp³-hybridized carbons (Fsp3) is 0.692. The van der Waals surface area contributed by atoms with Crippen LogP contribution in [0, 0.1) is 0 Å². The first-order valence-electron chi connectivity index (χ1n) is 6.06. The molecule has 0 radical (unpaired) electrons. The van der Waals surface area contributed by atoms with Gasteiger partial charge in [0.25, 0.3) is 0 Å². The van der Waals surface area contributed by atoms with Crippen LogP contribution >= 0.6 is 0 Å². The third-order valence-corrected chi connectivity index (χ3v) is 2.37. The van der Waals surface area contributed by atoms with E-state index < -0.39 is 0 Å². The van der Waals surface area contributed by atoms with Crippen LogP contribution in [0.15, 0.2) is 24.3 Å². The lowest BCUT2D eigenvalue weighted by molar-refractivity contribution is 0.658. The van der Waals surface area contributed by atoms with E-state index in [9.17, 15) is 0 Å². The molecule has 0 aliphatic carbocycles. The van der Waals surface area contributed by atoms with E-state index in [1.165, 1.54) is 0 Å². The number of allylic oxidation sites excluding steroid dienone is 3. The van der Waals surface area contributed by atoms with Gasteiger partial charge < -0.3 is 11.5 Å². The highest BCUT2D eigenvalue weighted by atomic mass is 14.6. The number of unbranched alkanes of at least 4 members (excludes halogenated alkanes) is 2.